The molecule has 1 aromatic rings. The number of aliphatic hydroxyl groups excluding tert-OH is 1. The van der Waals surface area contributed by atoms with Crippen LogP contribution < -0.4 is 4.72 Å². The van der Waals surface area contributed by atoms with Crippen LogP contribution in [0.15, 0.2) is 34.2 Å². The first kappa shape index (κ1) is 13.6. The predicted octanol–water partition coefficient (Wildman–Crippen LogP) is 1.28. The van der Waals surface area contributed by atoms with Gasteiger partial charge in [0.2, 0.25) is 0 Å². The first-order chi connectivity index (χ1) is 9.62. The molecule has 1 heterocycles. The van der Waals surface area contributed by atoms with Crippen molar-refractivity contribution in [3.05, 3.63) is 29.8 Å². The topological polar surface area (TPSA) is 78.8 Å². The molecule has 3 rings (SSSR count). The minimum absolute atomic E-state index is 0.103. The van der Waals surface area contributed by atoms with Crippen LogP contribution >= 0.6 is 0 Å². The van der Waals surface area contributed by atoms with Crippen molar-refractivity contribution in [3.63, 3.8) is 0 Å². The number of aliphatic hydroxyl groups is 1. The Balaban J connectivity index is 1.94. The fourth-order valence-corrected chi connectivity index (χ4v) is 4.32. The molecule has 6 heteroatoms. The summed E-state index contributed by atoms with van der Waals surface area (Å²) in [7, 11) is -3.46. The molecule has 0 spiro atoms. The second-order valence-electron chi connectivity index (χ2n) is 5.35. The van der Waals surface area contributed by atoms with Crippen LogP contribution in [0.4, 0.5) is 0 Å². The number of nitrogens with zero attached hydrogens (tertiary/aromatic N) is 1. The lowest BCUT2D eigenvalue weighted by Gasteiger charge is -2.15. The summed E-state index contributed by atoms with van der Waals surface area (Å²) in [6, 6.07) is 7.01. The molecule has 2 atom stereocenters. The zero-order valence-electron chi connectivity index (χ0n) is 11.1. The summed E-state index contributed by atoms with van der Waals surface area (Å²) in [6.45, 7) is 0.161. The first-order valence-electron chi connectivity index (χ1n) is 6.93. The van der Waals surface area contributed by atoms with Crippen molar-refractivity contribution in [3.8, 4) is 0 Å². The molecule has 2 N–H and O–H groups in total. The molecule has 0 saturated heterocycles. The highest BCUT2D eigenvalue weighted by Gasteiger charge is 2.33. The van der Waals surface area contributed by atoms with Gasteiger partial charge in [-0.2, -0.15) is 0 Å². The van der Waals surface area contributed by atoms with Gasteiger partial charge in [0.15, 0.2) is 0 Å². The maximum atomic E-state index is 12.0. The molecule has 1 fully saturated rings. The number of nitrogens with one attached hydrogen (secondary N) is 1. The largest absolute Gasteiger partial charge is 0.396 e. The summed E-state index contributed by atoms with van der Waals surface area (Å²) in [6.07, 6.45) is 3.82. The second-order valence-corrected chi connectivity index (χ2v) is 7.00. The van der Waals surface area contributed by atoms with E-state index in [2.05, 4.69) is 9.71 Å². The van der Waals surface area contributed by atoms with E-state index in [1.807, 2.05) is 6.07 Å². The van der Waals surface area contributed by atoms with E-state index in [0.29, 0.717) is 22.2 Å². The van der Waals surface area contributed by atoms with Crippen LogP contribution in [0, 0.1) is 5.92 Å². The number of fused-ring (bicyclic) bond motifs is 1. The van der Waals surface area contributed by atoms with Crippen molar-refractivity contribution in [2.75, 3.05) is 6.61 Å². The lowest BCUT2D eigenvalue weighted by atomic mass is 10.0. The maximum absolute atomic E-state index is 12.0. The van der Waals surface area contributed by atoms with Crippen LogP contribution in [0.2, 0.25) is 0 Å². The van der Waals surface area contributed by atoms with Crippen molar-refractivity contribution in [2.24, 2.45) is 10.9 Å². The molecule has 1 aromatic carbocycles. The Morgan fingerprint density at radius 3 is 2.90 bits per heavy atom. The molecular formula is C14H18N2O3S. The van der Waals surface area contributed by atoms with Gasteiger partial charge in [-0.15, -0.1) is 0 Å². The molecule has 1 saturated carbocycles. The highest BCUT2D eigenvalue weighted by atomic mass is 32.2. The van der Waals surface area contributed by atoms with Gasteiger partial charge in [0.1, 0.15) is 5.84 Å². The van der Waals surface area contributed by atoms with Crippen molar-refractivity contribution >= 4 is 15.9 Å². The number of rotatable bonds is 3. The van der Waals surface area contributed by atoms with Crippen LogP contribution in [0.1, 0.15) is 31.2 Å². The Morgan fingerprint density at radius 2 is 2.10 bits per heavy atom. The van der Waals surface area contributed by atoms with E-state index in [1.165, 1.54) is 0 Å². The molecule has 2 aliphatic rings. The summed E-state index contributed by atoms with van der Waals surface area (Å²) >= 11 is 0. The van der Waals surface area contributed by atoms with Gasteiger partial charge < -0.3 is 5.11 Å². The fourth-order valence-electron chi connectivity index (χ4n) is 3.09. The molecule has 20 heavy (non-hydrogen) atoms. The molecule has 0 bridgehead atoms. The molecule has 108 valence electrons. The van der Waals surface area contributed by atoms with Crippen LogP contribution in [0.3, 0.4) is 0 Å². The maximum Gasteiger partial charge on any atom is 0.263 e. The number of amidine groups is 1. The van der Waals surface area contributed by atoms with E-state index in [0.717, 1.165) is 25.7 Å². The number of sulfonamides is 1. The van der Waals surface area contributed by atoms with E-state index >= 15 is 0 Å². The summed E-state index contributed by atoms with van der Waals surface area (Å²) in [4.78, 5) is 4.93. The minimum atomic E-state index is -3.46. The molecule has 5 nitrogen and oxygen atoms in total. The number of benzene rings is 1. The van der Waals surface area contributed by atoms with E-state index in [4.69, 9.17) is 5.11 Å². The monoisotopic (exact) mass is 294 g/mol. The van der Waals surface area contributed by atoms with Gasteiger partial charge in [-0.1, -0.05) is 18.6 Å². The molecule has 0 amide bonds. The summed E-state index contributed by atoms with van der Waals surface area (Å²) in [5, 5.41) is 9.09. The Hall–Kier alpha value is -1.40. The van der Waals surface area contributed by atoms with Gasteiger partial charge >= 0.3 is 0 Å². The van der Waals surface area contributed by atoms with E-state index in [-0.39, 0.29) is 12.6 Å². The van der Waals surface area contributed by atoms with Crippen molar-refractivity contribution in [2.45, 2.75) is 36.6 Å². The van der Waals surface area contributed by atoms with Gasteiger partial charge in [-0.25, -0.2) is 8.42 Å². The first-order valence-corrected chi connectivity index (χ1v) is 8.41. The van der Waals surface area contributed by atoms with Gasteiger partial charge in [-0.05, 0) is 37.3 Å². The van der Waals surface area contributed by atoms with E-state index < -0.39 is 10.0 Å². The third-order valence-corrected chi connectivity index (χ3v) is 5.47. The minimum Gasteiger partial charge on any atom is -0.396 e. The van der Waals surface area contributed by atoms with Gasteiger partial charge in [0, 0.05) is 12.2 Å². The van der Waals surface area contributed by atoms with Gasteiger partial charge in [0.05, 0.1) is 10.9 Å². The lowest BCUT2D eigenvalue weighted by Crippen LogP contribution is -2.25. The Morgan fingerprint density at radius 1 is 1.30 bits per heavy atom. The number of hydrogen-bond donors (Lipinski definition) is 2. The van der Waals surface area contributed by atoms with Crippen LogP contribution in [-0.2, 0) is 10.0 Å². The van der Waals surface area contributed by atoms with E-state index in [1.54, 1.807) is 18.2 Å². The SMILES string of the molecule is O=S1(=O)NC(=NC2CCCC2CCO)c2ccccc21. The molecule has 1 aliphatic carbocycles. The van der Waals surface area contributed by atoms with Gasteiger partial charge in [-0.3, -0.25) is 9.71 Å². The lowest BCUT2D eigenvalue weighted by molar-refractivity contribution is 0.251. The predicted molar refractivity (Wildman–Crippen MR) is 76.1 cm³/mol. The quantitative estimate of drug-likeness (QED) is 0.881. The van der Waals surface area contributed by atoms with Crippen molar-refractivity contribution in [1.82, 2.24) is 4.72 Å². The van der Waals surface area contributed by atoms with Crippen molar-refractivity contribution in [1.29, 1.82) is 0 Å². The van der Waals surface area contributed by atoms with Crippen molar-refractivity contribution < 1.29 is 13.5 Å². The Kier molecular flexibility index (Phi) is 3.52. The Bertz CT molecular complexity index is 640. The highest BCUT2D eigenvalue weighted by Crippen LogP contribution is 2.32. The van der Waals surface area contributed by atoms with E-state index in [9.17, 15) is 8.42 Å². The van der Waals surface area contributed by atoms with Crippen LogP contribution in [0.5, 0.6) is 0 Å². The standard InChI is InChI=1S/C14H18N2O3S/c17-9-8-10-4-3-6-12(10)15-14-11-5-1-2-7-13(11)20(18,19)16-14/h1-2,5,7,10,12,17H,3-4,6,8-9H2,(H,15,16). The summed E-state index contributed by atoms with van der Waals surface area (Å²) in [5.74, 6) is 0.806. The van der Waals surface area contributed by atoms with Crippen LogP contribution in [-0.4, -0.2) is 32.0 Å². The third-order valence-electron chi connectivity index (χ3n) is 4.08. The molecule has 2 unspecified atom stereocenters. The zero-order chi connectivity index (χ0) is 14.2. The summed E-state index contributed by atoms with van der Waals surface area (Å²) in [5.41, 5.74) is 0.655. The average molecular weight is 294 g/mol. The highest BCUT2D eigenvalue weighted by molar-refractivity contribution is 7.90. The summed E-state index contributed by atoms with van der Waals surface area (Å²) < 4.78 is 26.6. The fraction of sp³-hybridized carbons (Fsp3) is 0.500. The average Bonchev–Trinajstić information content (AvgIpc) is 2.95. The number of hydrogen-bond acceptors (Lipinski definition) is 4. The molecular weight excluding hydrogens is 276 g/mol. The number of aliphatic imine (C=N–C) groups is 1. The molecule has 1 aliphatic heterocycles. The normalized spacial score (nSPS) is 29.4. The molecule has 0 radical (unpaired) electrons. The third kappa shape index (κ3) is 2.33. The Labute approximate surface area is 118 Å². The zero-order valence-corrected chi connectivity index (χ0v) is 11.9. The second kappa shape index (κ2) is 5.18. The van der Waals surface area contributed by atoms with Gasteiger partial charge in [0.25, 0.3) is 10.0 Å². The van der Waals surface area contributed by atoms with Crippen LogP contribution in [0.25, 0.3) is 0 Å². The smallest absolute Gasteiger partial charge is 0.263 e. The molecule has 0 aromatic heterocycles.